The van der Waals surface area contributed by atoms with E-state index in [1.54, 1.807) is 32.9 Å². The molecular weight excluding hydrogens is 1400 g/mol. The van der Waals surface area contributed by atoms with E-state index in [-0.39, 0.29) is 50.6 Å². The Hall–Kier alpha value is -8.88. The zero-order valence-electron chi connectivity index (χ0n) is 60.7. The molecule has 2 aromatic carbocycles. The highest BCUT2D eigenvalue weighted by molar-refractivity contribution is 6.01. The van der Waals surface area contributed by atoms with Gasteiger partial charge in [0.05, 0.1) is 31.6 Å². The Morgan fingerprint density at radius 1 is 0.657 bits per heavy atom. The molecule has 34 heteroatoms. The highest BCUT2D eigenvalue weighted by Gasteiger charge is 2.56. The van der Waals surface area contributed by atoms with Crippen molar-refractivity contribution in [2.24, 2.45) is 11.8 Å². The number of fused-ring (bicyclic) bond motifs is 3. The van der Waals surface area contributed by atoms with Crippen LogP contribution in [0.2, 0.25) is 0 Å². The molecule has 2 saturated heterocycles. The molecule has 1 spiro atoms. The first-order valence-electron chi connectivity index (χ1n) is 35.0. The average Bonchev–Trinajstić information content (AvgIpc) is 1.60. The van der Waals surface area contributed by atoms with Gasteiger partial charge in [-0.15, -0.1) is 0 Å². The second kappa shape index (κ2) is 34.1. The van der Waals surface area contributed by atoms with Crippen molar-refractivity contribution in [1.82, 2.24) is 60.0 Å². The molecule has 12 amide bonds. The lowest BCUT2D eigenvalue weighted by Gasteiger charge is -2.46. The molecule has 0 radical (unpaired) electrons. The fraction of sp³-hybridized carbons (Fsp3) is 0.634. The van der Waals surface area contributed by atoms with Gasteiger partial charge in [-0.3, -0.25) is 57.5 Å². The minimum atomic E-state index is -5.52. The van der Waals surface area contributed by atoms with Crippen molar-refractivity contribution >= 4 is 70.9 Å². The van der Waals surface area contributed by atoms with Gasteiger partial charge in [-0.25, -0.2) is 17.6 Å². The van der Waals surface area contributed by atoms with Crippen LogP contribution in [-0.2, 0) is 82.7 Å². The quantitative estimate of drug-likeness (QED) is 0.201. The van der Waals surface area contributed by atoms with Crippen LogP contribution in [0, 0.1) is 23.5 Å². The van der Waals surface area contributed by atoms with Gasteiger partial charge in [0.25, 0.3) is 5.92 Å². The third kappa shape index (κ3) is 19.4. The molecule has 105 heavy (non-hydrogen) atoms. The van der Waals surface area contributed by atoms with E-state index in [4.69, 9.17) is 0 Å². The first-order valence-corrected chi connectivity index (χ1v) is 35.0. The number of amides is 12. The second-order valence-electron chi connectivity index (χ2n) is 28.5. The molecule has 3 aliphatic heterocycles. The molecule has 0 unspecified atom stereocenters. The Labute approximate surface area is 602 Å². The molecule has 4 fully saturated rings. The van der Waals surface area contributed by atoms with Gasteiger partial charge < -0.3 is 60.0 Å². The zero-order chi connectivity index (χ0) is 78.3. The molecule has 2 aliphatic carbocycles. The van der Waals surface area contributed by atoms with Gasteiger partial charge in [0.1, 0.15) is 71.1 Å². The number of rotatable bonds is 10. The van der Waals surface area contributed by atoms with Crippen molar-refractivity contribution < 1.29 is 101 Å². The molecule has 7 rings (SSSR count). The Morgan fingerprint density at radius 3 is 1.82 bits per heavy atom. The smallest absolute Gasteiger partial charge is 0.347 e. The molecular formula is C71H94F10N12O12. The number of benzene rings is 2. The molecule has 5 aliphatic rings. The highest BCUT2D eigenvalue weighted by atomic mass is 19.4. The Morgan fingerprint density at radius 2 is 1.27 bits per heavy atom. The van der Waals surface area contributed by atoms with Gasteiger partial charge in [0.15, 0.2) is 0 Å². The lowest BCUT2D eigenvalue weighted by Crippen LogP contribution is -2.68. The number of alkyl halides is 8. The average molecular weight is 1500 g/mol. The van der Waals surface area contributed by atoms with Crippen molar-refractivity contribution in [1.29, 1.82) is 0 Å². The summed E-state index contributed by atoms with van der Waals surface area (Å²) in [6, 6.07) is -8.99. The minimum absolute atomic E-state index is 0.0485. The predicted molar refractivity (Wildman–Crippen MR) is 359 cm³/mol. The van der Waals surface area contributed by atoms with Crippen molar-refractivity contribution in [3.8, 4) is 0 Å². The summed E-state index contributed by atoms with van der Waals surface area (Å²) in [5.74, 6) is -21.0. The van der Waals surface area contributed by atoms with E-state index in [1.807, 2.05) is 0 Å². The Bertz CT molecular complexity index is 3600. The summed E-state index contributed by atoms with van der Waals surface area (Å²) in [5.41, 5.74) is -5.76. The lowest BCUT2D eigenvalue weighted by molar-refractivity contribution is -0.157. The van der Waals surface area contributed by atoms with Crippen LogP contribution in [0.1, 0.15) is 133 Å². The largest absolute Gasteiger partial charge is 0.422 e. The number of likely N-dealkylation sites (N-methyl/N-ethyl adjacent to an activating group) is 7. The Kier molecular flexibility index (Phi) is 27.1. The number of carbonyl (C=O) groups excluding carboxylic acids is 12. The minimum Gasteiger partial charge on any atom is -0.347 e. The van der Waals surface area contributed by atoms with Gasteiger partial charge in [-0.1, -0.05) is 64.3 Å². The van der Waals surface area contributed by atoms with Crippen LogP contribution in [0.5, 0.6) is 0 Å². The number of nitrogens with one attached hydrogen (secondary N) is 3. The second-order valence-corrected chi connectivity index (χ2v) is 28.5. The molecule has 2 aromatic rings. The molecule has 3 heterocycles. The molecule has 24 nitrogen and oxygen atoms in total. The summed E-state index contributed by atoms with van der Waals surface area (Å²) in [6.07, 6.45) is -9.33. The van der Waals surface area contributed by atoms with E-state index >= 15 is 41.5 Å². The Balaban J connectivity index is 1.33. The van der Waals surface area contributed by atoms with Crippen LogP contribution >= 0.6 is 0 Å². The van der Waals surface area contributed by atoms with Crippen molar-refractivity contribution in [2.45, 2.75) is 196 Å². The van der Waals surface area contributed by atoms with Gasteiger partial charge in [0, 0.05) is 75.8 Å². The SMILES string of the molecule is CC[C@H](C)[C@@H]1NC(=O)[C@H](CC)N(C)C(=O)C[C@@H](C(=O)N(C)C)N(C)C(=O)[C@H](C2CCCC2)N(C)C(=O)C2(CCC2)NC(=O)[C@@H]2CC(F)(F)CN2C(=O)[C@H](CCc2cc(F)c(C(F)(F)F)c(F)c2)NC(=O)CN(C)C(=O)[C@H](Cc2ccc(C(F)(F)F)cc2)N2CC/C=C\C[C@@H](C2=O)N(C)C(=O)CN(C)C1=O. The number of aryl methyl sites for hydroxylation is 1. The normalized spacial score (nSPS) is 26.2. The number of hydrogen-bond donors (Lipinski definition) is 3. The monoisotopic (exact) mass is 1500 g/mol. The topological polar surface area (TPSA) is 270 Å². The molecule has 9 atom stereocenters. The summed E-state index contributed by atoms with van der Waals surface area (Å²) >= 11 is 0. The van der Waals surface area contributed by atoms with Crippen molar-refractivity contribution in [3.05, 3.63) is 82.4 Å². The van der Waals surface area contributed by atoms with Crippen LogP contribution in [0.15, 0.2) is 48.6 Å². The van der Waals surface area contributed by atoms with Crippen molar-refractivity contribution in [2.75, 3.05) is 82.6 Å². The third-order valence-electron chi connectivity index (χ3n) is 21.0. The fourth-order valence-corrected chi connectivity index (χ4v) is 14.4. The zero-order valence-corrected chi connectivity index (χ0v) is 60.7. The van der Waals surface area contributed by atoms with Crippen LogP contribution in [0.4, 0.5) is 43.9 Å². The van der Waals surface area contributed by atoms with E-state index in [9.17, 15) is 59.9 Å². The predicted octanol–water partition coefficient (Wildman–Crippen LogP) is 5.33. The van der Waals surface area contributed by atoms with Crippen molar-refractivity contribution in [3.63, 3.8) is 0 Å². The van der Waals surface area contributed by atoms with E-state index in [0.29, 0.717) is 49.1 Å². The van der Waals surface area contributed by atoms with Gasteiger partial charge in [-0.2, -0.15) is 26.3 Å². The van der Waals surface area contributed by atoms with Gasteiger partial charge in [-0.05, 0) is 111 Å². The van der Waals surface area contributed by atoms with E-state index in [0.717, 1.165) is 70.5 Å². The molecule has 0 aromatic heterocycles. The van der Waals surface area contributed by atoms with E-state index < -0.39 is 235 Å². The first kappa shape index (κ1) is 83.4. The molecule has 2 saturated carbocycles. The molecule has 3 N–H and O–H groups in total. The fourth-order valence-electron chi connectivity index (χ4n) is 14.4. The van der Waals surface area contributed by atoms with Gasteiger partial charge >= 0.3 is 12.4 Å². The maximum absolute atomic E-state index is 16.1. The molecule has 580 valence electrons. The van der Waals surface area contributed by atoms with E-state index in [1.165, 1.54) is 49.3 Å². The van der Waals surface area contributed by atoms with Crippen LogP contribution in [0.3, 0.4) is 0 Å². The summed E-state index contributed by atoms with van der Waals surface area (Å²) in [7, 11) is 10.1. The lowest BCUT2D eigenvalue weighted by atomic mass is 9.74. The maximum Gasteiger partial charge on any atom is 0.422 e. The summed E-state index contributed by atoms with van der Waals surface area (Å²) < 4.78 is 145. The van der Waals surface area contributed by atoms with Crippen LogP contribution < -0.4 is 16.0 Å². The van der Waals surface area contributed by atoms with Gasteiger partial charge in [0.2, 0.25) is 70.9 Å². The standard InChI is InChI=1S/C71H94F10N12O12/c1-12-40(3)57-65(103)87(7)38-55(96)89(9)49-22-15-14-18-31-92(64(49)102)51(34-41-23-26-44(27-24-41)70(76,77)78)63(101)86(6)37-53(94)82-47(28-25-42-32-45(72)56(46(73)33-42)71(79,80)81)61(99)93-39-69(74,75)36-52(93)60(98)84-68(29-19-30-68)67(105)91(11)58(43-20-16-17-21-43)66(104)90(10)50(62(100)85(4)5)35-54(95)88(8)48(13-2)59(97)83-57/h14-15,23-24,26-27,32-33,40,43,47-52,57-58H,12-13,16-22,25,28-31,34-39H2,1-11H3,(H,82,94)(H,83,97)(H,84,98)/b15-14-/t40-,47-,48-,49-,50-,51-,52-,57-,58-/m0/s1. The number of carbonyl (C=O) groups is 12. The maximum atomic E-state index is 16.1. The number of hydrogen-bond acceptors (Lipinski definition) is 12. The third-order valence-corrected chi connectivity index (χ3v) is 21.0. The summed E-state index contributed by atoms with van der Waals surface area (Å²) in [5, 5.41) is 7.64. The molecule has 2 bridgehead atoms. The number of nitrogens with zero attached hydrogens (tertiary/aromatic N) is 9. The summed E-state index contributed by atoms with van der Waals surface area (Å²) in [6.45, 7) is 1.34. The van der Waals surface area contributed by atoms with E-state index in [2.05, 4.69) is 16.0 Å². The highest BCUT2D eigenvalue weighted by Crippen LogP contribution is 2.41. The van der Waals surface area contributed by atoms with Crippen LogP contribution in [0.25, 0.3) is 0 Å². The summed E-state index contributed by atoms with van der Waals surface area (Å²) in [4.78, 5) is 186. The first-order chi connectivity index (χ1) is 49.0. The van der Waals surface area contributed by atoms with Crippen LogP contribution in [-0.4, -0.2) is 257 Å². The number of halogens is 10.